The van der Waals surface area contributed by atoms with Crippen molar-refractivity contribution in [2.45, 2.75) is 33.2 Å². The van der Waals surface area contributed by atoms with E-state index in [-0.39, 0.29) is 25.1 Å². The lowest BCUT2D eigenvalue weighted by atomic mass is 10.1. The molecule has 0 atom stereocenters. The third-order valence-electron chi connectivity index (χ3n) is 3.33. The zero-order valence-corrected chi connectivity index (χ0v) is 13.7. The van der Waals surface area contributed by atoms with Gasteiger partial charge in [-0.1, -0.05) is 25.1 Å². The summed E-state index contributed by atoms with van der Waals surface area (Å²) in [7, 11) is 1.84. The number of para-hydroxylation sites is 1. The molecule has 0 bridgehead atoms. The van der Waals surface area contributed by atoms with E-state index in [0.717, 1.165) is 12.0 Å². The Morgan fingerprint density at radius 2 is 1.82 bits per heavy atom. The van der Waals surface area contributed by atoms with E-state index in [0.29, 0.717) is 5.75 Å². The summed E-state index contributed by atoms with van der Waals surface area (Å²) in [5.41, 5.74) is 5.76. The number of aryl methyl sites for hydroxylation is 1. The van der Waals surface area contributed by atoms with Gasteiger partial charge in [0.15, 0.2) is 6.61 Å². The molecule has 0 aromatic heterocycles. The lowest BCUT2D eigenvalue weighted by molar-refractivity contribution is -0.130. The van der Waals surface area contributed by atoms with Gasteiger partial charge >= 0.3 is 0 Å². The summed E-state index contributed by atoms with van der Waals surface area (Å²) in [6.07, 6.45) is 0.829. The van der Waals surface area contributed by atoms with E-state index in [1.54, 1.807) is 0 Å². The Morgan fingerprint density at radius 3 is 2.45 bits per heavy atom. The molecule has 0 heterocycles. The third kappa shape index (κ3) is 6.13. The minimum atomic E-state index is -0.397. The number of hydrogen-bond donors (Lipinski definition) is 2. The fourth-order valence-corrected chi connectivity index (χ4v) is 1.70. The van der Waals surface area contributed by atoms with Crippen LogP contribution in [0.25, 0.3) is 0 Å². The molecule has 0 spiro atoms. The van der Waals surface area contributed by atoms with E-state index in [1.807, 2.05) is 57.0 Å². The number of nitrogens with zero attached hydrogens (tertiary/aromatic N) is 1. The van der Waals surface area contributed by atoms with Gasteiger partial charge in [-0.15, -0.1) is 0 Å². The van der Waals surface area contributed by atoms with E-state index in [2.05, 4.69) is 10.9 Å². The molecule has 22 heavy (non-hydrogen) atoms. The summed E-state index contributed by atoms with van der Waals surface area (Å²) in [6.45, 7) is 6.08. The maximum Gasteiger partial charge on any atom is 0.276 e. The second-order valence-electron chi connectivity index (χ2n) is 5.36. The molecule has 1 aromatic carbocycles. The Bertz CT molecular complexity index is 503. The molecule has 0 unspecified atom stereocenters. The van der Waals surface area contributed by atoms with Gasteiger partial charge in [-0.25, -0.2) is 0 Å². The van der Waals surface area contributed by atoms with Gasteiger partial charge in [0.2, 0.25) is 0 Å². The number of hydrazine groups is 1. The smallest absolute Gasteiger partial charge is 0.276 e. The van der Waals surface area contributed by atoms with Crippen molar-refractivity contribution >= 4 is 11.8 Å². The predicted molar refractivity (Wildman–Crippen MR) is 85.4 cm³/mol. The zero-order valence-electron chi connectivity index (χ0n) is 13.7. The molecule has 6 nitrogen and oxygen atoms in total. The first-order valence-corrected chi connectivity index (χ1v) is 7.42. The summed E-state index contributed by atoms with van der Waals surface area (Å²) >= 11 is 0. The molecule has 2 N–H and O–H groups in total. The lowest BCUT2D eigenvalue weighted by Gasteiger charge is -2.20. The van der Waals surface area contributed by atoms with Crippen LogP contribution in [0.2, 0.25) is 0 Å². The van der Waals surface area contributed by atoms with Crippen LogP contribution < -0.4 is 15.6 Å². The molecule has 0 aliphatic heterocycles. The molecule has 1 aromatic rings. The molecule has 0 saturated heterocycles. The number of nitrogens with one attached hydrogen (secondary N) is 2. The maximum absolute atomic E-state index is 11.7. The van der Waals surface area contributed by atoms with E-state index in [4.69, 9.17) is 4.74 Å². The first-order chi connectivity index (χ1) is 10.4. The summed E-state index contributed by atoms with van der Waals surface area (Å²) in [6, 6.07) is 7.82. The fourth-order valence-electron chi connectivity index (χ4n) is 1.70. The molecule has 0 aliphatic rings. The normalized spacial score (nSPS) is 10.6. The lowest BCUT2D eigenvalue weighted by Crippen LogP contribution is -2.48. The molecule has 0 aliphatic carbocycles. The van der Waals surface area contributed by atoms with Crippen LogP contribution in [0.4, 0.5) is 0 Å². The van der Waals surface area contributed by atoms with E-state index in [9.17, 15) is 9.59 Å². The van der Waals surface area contributed by atoms with Crippen LogP contribution in [0.3, 0.4) is 0 Å². The molecule has 1 rings (SSSR count). The van der Waals surface area contributed by atoms with E-state index in [1.165, 1.54) is 0 Å². The topological polar surface area (TPSA) is 70.7 Å². The second-order valence-corrected chi connectivity index (χ2v) is 5.36. The van der Waals surface area contributed by atoms with Crippen molar-refractivity contribution in [2.75, 3.05) is 20.2 Å². The number of rotatable bonds is 7. The summed E-state index contributed by atoms with van der Waals surface area (Å²) in [5.74, 6) is 0.0241. The van der Waals surface area contributed by atoms with Crippen LogP contribution in [-0.4, -0.2) is 43.0 Å². The van der Waals surface area contributed by atoms with Gasteiger partial charge < -0.3 is 4.74 Å². The van der Waals surface area contributed by atoms with Gasteiger partial charge in [-0.05, 0) is 38.9 Å². The zero-order chi connectivity index (χ0) is 16.5. The van der Waals surface area contributed by atoms with Crippen molar-refractivity contribution in [1.82, 2.24) is 15.8 Å². The highest BCUT2D eigenvalue weighted by Crippen LogP contribution is 2.17. The van der Waals surface area contributed by atoms with E-state index < -0.39 is 5.91 Å². The van der Waals surface area contributed by atoms with Crippen LogP contribution >= 0.6 is 0 Å². The Morgan fingerprint density at radius 1 is 1.18 bits per heavy atom. The van der Waals surface area contributed by atoms with Crippen LogP contribution in [0.1, 0.15) is 26.3 Å². The van der Waals surface area contributed by atoms with Gasteiger partial charge in [-0.3, -0.25) is 25.3 Å². The van der Waals surface area contributed by atoms with Gasteiger partial charge in [0.1, 0.15) is 5.75 Å². The number of likely N-dealkylation sites (N-methyl/N-ethyl adjacent to an activating group) is 1. The van der Waals surface area contributed by atoms with Crippen LogP contribution in [0, 0.1) is 0 Å². The maximum atomic E-state index is 11.7. The average molecular weight is 307 g/mol. The van der Waals surface area contributed by atoms with Crippen LogP contribution in [0.5, 0.6) is 5.75 Å². The molecule has 6 heteroatoms. The van der Waals surface area contributed by atoms with Gasteiger partial charge in [0.25, 0.3) is 11.8 Å². The minimum absolute atomic E-state index is 0.142. The van der Waals surface area contributed by atoms with Crippen molar-refractivity contribution in [2.24, 2.45) is 0 Å². The Labute approximate surface area is 131 Å². The number of benzene rings is 1. The van der Waals surface area contributed by atoms with Gasteiger partial charge in [-0.2, -0.15) is 0 Å². The minimum Gasteiger partial charge on any atom is -0.483 e. The number of hydrogen-bond acceptors (Lipinski definition) is 4. The Hall–Kier alpha value is -2.08. The van der Waals surface area contributed by atoms with Gasteiger partial charge in [0.05, 0.1) is 6.54 Å². The molecular formula is C16H25N3O3. The van der Waals surface area contributed by atoms with E-state index >= 15 is 0 Å². The van der Waals surface area contributed by atoms with Crippen molar-refractivity contribution in [3.63, 3.8) is 0 Å². The summed E-state index contributed by atoms with van der Waals surface area (Å²) < 4.78 is 5.47. The number of amides is 2. The summed E-state index contributed by atoms with van der Waals surface area (Å²) in [5, 5.41) is 0. The molecule has 0 fully saturated rings. The predicted octanol–water partition coefficient (Wildman–Crippen LogP) is 1.12. The molecular weight excluding hydrogens is 282 g/mol. The molecule has 0 saturated carbocycles. The van der Waals surface area contributed by atoms with Crippen LogP contribution in [0.15, 0.2) is 24.3 Å². The molecule has 122 valence electrons. The van der Waals surface area contributed by atoms with Crippen molar-refractivity contribution in [1.29, 1.82) is 0 Å². The van der Waals surface area contributed by atoms with Crippen molar-refractivity contribution < 1.29 is 14.3 Å². The number of ether oxygens (including phenoxy) is 1. The second kappa shape index (κ2) is 9.04. The van der Waals surface area contributed by atoms with Crippen LogP contribution in [-0.2, 0) is 16.0 Å². The monoisotopic (exact) mass is 307 g/mol. The molecule has 0 radical (unpaired) electrons. The highest BCUT2D eigenvalue weighted by atomic mass is 16.5. The Balaban J connectivity index is 2.33. The SMILES string of the molecule is CCc1ccccc1OCC(=O)NNC(=O)CN(C)C(C)C. The largest absolute Gasteiger partial charge is 0.483 e. The average Bonchev–Trinajstić information content (AvgIpc) is 2.50. The quantitative estimate of drug-likeness (QED) is 0.741. The summed E-state index contributed by atoms with van der Waals surface area (Å²) in [4.78, 5) is 25.2. The highest BCUT2D eigenvalue weighted by molar-refractivity contribution is 5.83. The number of carbonyl (C=O) groups excluding carboxylic acids is 2. The van der Waals surface area contributed by atoms with Gasteiger partial charge in [0, 0.05) is 6.04 Å². The first kappa shape index (κ1) is 18.0. The van der Waals surface area contributed by atoms with Crippen molar-refractivity contribution in [3.8, 4) is 5.75 Å². The third-order valence-corrected chi connectivity index (χ3v) is 3.33. The van der Waals surface area contributed by atoms with Crippen molar-refractivity contribution in [3.05, 3.63) is 29.8 Å². The highest BCUT2D eigenvalue weighted by Gasteiger charge is 2.10. The fraction of sp³-hybridized carbons (Fsp3) is 0.500. The Kier molecular flexibility index (Phi) is 7.39. The standard InChI is InChI=1S/C16H25N3O3/c1-5-13-8-6-7-9-14(13)22-11-16(21)18-17-15(20)10-19(4)12(2)3/h6-9,12H,5,10-11H2,1-4H3,(H,17,20)(H,18,21). The first-order valence-electron chi connectivity index (χ1n) is 7.42. The molecule has 2 amide bonds. The number of carbonyl (C=O) groups is 2.